The van der Waals surface area contributed by atoms with Crippen LogP contribution in [0.15, 0.2) is 30.6 Å². The zero-order valence-electron chi connectivity index (χ0n) is 13.9. The lowest BCUT2D eigenvalue weighted by Gasteiger charge is -2.33. The van der Waals surface area contributed by atoms with Gasteiger partial charge in [0.2, 0.25) is 0 Å². The third kappa shape index (κ3) is 3.52. The van der Waals surface area contributed by atoms with E-state index >= 15 is 0 Å². The van der Waals surface area contributed by atoms with Crippen LogP contribution in [0.5, 0.6) is 5.75 Å². The second-order valence-electron chi connectivity index (χ2n) is 6.92. The molecule has 2 fully saturated rings. The number of aromatic nitrogens is 1. The van der Waals surface area contributed by atoms with E-state index in [0.717, 1.165) is 49.8 Å². The Bertz CT molecular complexity index is 694. The molecule has 24 heavy (non-hydrogen) atoms. The van der Waals surface area contributed by atoms with Crippen molar-refractivity contribution in [3.05, 3.63) is 36.4 Å². The fourth-order valence-electron chi connectivity index (χ4n) is 3.79. The van der Waals surface area contributed by atoms with Gasteiger partial charge < -0.3 is 15.0 Å². The summed E-state index contributed by atoms with van der Waals surface area (Å²) < 4.78 is 20.2. The minimum atomic E-state index is -0.298. The van der Waals surface area contributed by atoms with E-state index in [1.54, 1.807) is 18.5 Å². The molecule has 0 spiro atoms. The Morgan fingerprint density at radius 1 is 1.21 bits per heavy atom. The number of fused-ring (bicyclic) bond motifs is 1. The van der Waals surface area contributed by atoms with E-state index in [0.29, 0.717) is 11.8 Å². The molecule has 2 aliphatic heterocycles. The van der Waals surface area contributed by atoms with E-state index in [1.165, 1.54) is 18.9 Å². The number of pyridine rings is 1. The summed E-state index contributed by atoms with van der Waals surface area (Å²) in [6, 6.07) is 5.84. The normalized spacial score (nSPS) is 23.0. The molecule has 0 amide bonds. The number of likely N-dealkylation sites (tertiary alicyclic amines) is 1. The maximum absolute atomic E-state index is 14.3. The predicted molar refractivity (Wildman–Crippen MR) is 92.8 cm³/mol. The predicted octanol–water partition coefficient (Wildman–Crippen LogP) is 2.97. The molecule has 5 heteroatoms. The van der Waals surface area contributed by atoms with E-state index in [4.69, 9.17) is 4.74 Å². The lowest BCUT2D eigenvalue weighted by Crippen LogP contribution is -2.44. The number of ether oxygens (including phenoxy) is 1. The van der Waals surface area contributed by atoms with Crippen LogP contribution in [0.4, 0.5) is 4.39 Å². The van der Waals surface area contributed by atoms with Crippen molar-refractivity contribution < 1.29 is 9.13 Å². The van der Waals surface area contributed by atoms with Gasteiger partial charge in [0.15, 0.2) is 11.6 Å². The average molecular weight is 329 g/mol. The lowest BCUT2D eigenvalue weighted by molar-refractivity contribution is 0.0929. The zero-order valence-corrected chi connectivity index (χ0v) is 13.9. The molecule has 0 aliphatic carbocycles. The number of hydrogen-bond donors (Lipinski definition) is 1. The number of rotatable bonds is 4. The Morgan fingerprint density at radius 2 is 2.08 bits per heavy atom. The van der Waals surface area contributed by atoms with Crippen molar-refractivity contribution in [3.63, 3.8) is 0 Å². The number of nitrogens with zero attached hydrogens (tertiary/aromatic N) is 2. The third-order valence-electron chi connectivity index (χ3n) is 5.16. The van der Waals surface area contributed by atoms with Gasteiger partial charge in [-0.2, -0.15) is 0 Å². The second-order valence-corrected chi connectivity index (χ2v) is 6.92. The van der Waals surface area contributed by atoms with Gasteiger partial charge in [-0.15, -0.1) is 0 Å². The molecule has 0 unspecified atom stereocenters. The van der Waals surface area contributed by atoms with Crippen molar-refractivity contribution in [2.45, 2.75) is 37.8 Å². The standard InChI is InChI=1S/C19H24FN3O/c20-18-10-15-12-21-7-3-14(15)11-19(18)24-17-4-8-23(9-5-17)13-16-2-1-6-22-16/h3,7,10-12,16-17,22H,1-2,4-6,8-9,13H2/t16-/m0/s1. The molecule has 0 bridgehead atoms. The van der Waals surface area contributed by atoms with Gasteiger partial charge in [-0.05, 0) is 55.8 Å². The van der Waals surface area contributed by atoms with Crippen LogP contribution in [-0.4, -0.2) is 48.2 Å². The van der Waals surface area contributed by atoms with Gasteiger partial charge in [0.25, 0.3) is 0 Å². The number of piperidine rings is 1. The fourth-order valence-corrected chi connectivity index (χ4v) is 3.79. The van der Waals surface area contributed by atoms with Gasteiger partial charge in [0, 0.05) is 43.5 Å². The fraction of sp³-hybridized carbons (Fsp3) is 0.526. The minimum absolute atomic E-state index is 0.103. The lowest BCUT2D eigenvalue weighted by atomic mass is 10.1. The highest BCUT2D eigenvalue weighted by atomic mass is 19.1. The molecule has 1 aromatic carbocycles. The monoisotopic (exact) mass is 329 g/mol. The molecular weight excluding hydrogens is 305 g/mol. The molecule has 4 nitrogen and oxygen atoms in total. The first kappa shape index (κ1) is 15.8. The van der Waals surface area contributed by atoms with Crippen molar-refractivity contribution >= 4 is 10.8 Å². The molecule has 3 heterocycles. The molecule has 1 N–H and O–H groups in total. The van der Waals surface area contributed by atoms with Crippen LogP contribution in [0.3, 0.4) is 0 Å². The van der Waals surface area contributed by atoms with Crippen molar-refractivity contribution in [1.29, 1.82) is 0 Å². The smallest absolute Gasteiger partial charge is 0.165 e. The maximum atomic E-state index is 14.3. The van der Waals surface area contributed by atoms with Gasteiger partial charge >= 0.3 is 0 Å². The number of nitrogens with one attached hydrogen (secondary N) is 1. The molecule has 2 aromatic rings. The third-order valence-corrected chi connectivity index (χ3v) is 5.16. The molecule has 1 aromatic heterocycles. The van der Waals surface area contributed by atoms with Gasteiger partial charge in [0.05, 0.1) is 0 Å². The molecule has 2 aliphatic rings. The first-order valence-corrected chi connectivity index (χ1v) is 8.93. The Hall–Kier alpha value is -1.72. The number of benzene rings is 1. The van der Waals surface area contributed by atoms with Crippen LogP contribution >= 0.6 is 0 Å². The summed E-state index contributed by atoms with van der Waals surface area (Å²) in [5.41, 5.74) is 0. The molecule has 128 valence electrons. The summed E-state index contributed by atoms with van der Waals surface area (Å²) in [7, 11) is 0. The first-order valence-electron chi connectivity index (χ1n) is 8.93. The van der Waals surface area contributed by atoms with Gasteiger partial charge in [-0.1, -0.05) is 0 Å². The molecule has 2 saturated heterocycles. The van der Waals surface area contributed by atoms with E-state index in [2.05, 4.69) is 15.2 Å². The van der Waals surface area contributed by atoms with Gasteiger partial charge in [-0.3, -0.25) is 4.98 Å². The summed E-state index contributed by atoms with van der Waals surface area (Å²) in [4.78, 5) is 6.54. The SMILES string of the molecule is Fc1cc2cnccc2cc1OC1CCN(C[C@@H]2CCCN2)CC1. The Kier molecular flexibility index (Phi) is 4.63. The molecule has 0 radical (unpaired) electrons. The molecule has 0 saturated carbocycles. The topological polar surface area (TPSA) is 37.4 Å². The largest absolute Gasteiger partial charge is 0.487 e. The van der Waals surface area contributed by atoms with E-state index in [-0.39, 0.29) is 11.9 Å². The Labute approximate surface area is 142 Å². The van der Waals surface area contributed by atoms with Crippen LogP contribution in [-0.2, 0) is 0 Å². The number of hydrogen-bond acceptors (Lipinski definition) is 4. The van der Waals surface area contributed by atoms with Gasteiger partial charge in [0.1, 0.15) is 6.10 Å². The van der Waals surface area contributed by atoms with Crippen LogP contribution < -0.4 is 10.1 Å². The molecular formula is C19H24FN3O. The first-order chi connectivity index (χ1) is 11.8. The van der Waals surface area contributed by atoms with Crippen molar-refractivity contribution in [2.24, 2.45) is 0 Å². The van der Waals surface area contributed by atoms with Crippen molar-refractivity contribution in [2.75, 3.05) is 26.2 Å². The highest BCUT2D eigenvalue weighted by Crippen LogP contribution is 2.27. The second kappa shape index (κ2) is 7.03. The summed E-state index contributed by atoms with van der Waals surface area (Å²) in [6.45, 7) is 4.34. The number of halogens is 1. The van der Waals surface area contributed by atoms with Gasteiger partial charge in [-0.25, -0.2) is 4.39 Å². The van der Waals surface area contributed by atoms with Crippen LogP contribution in [0.2, 0.25) is 0 Å². The summed E-state index contributed by atoms with van der Waals surface area (Å²) in [5.74, 6) is 0.0673. The van der Waals surface area contributed by atoms with Crippen molar-refractivity contribution in [3.8, 4) is 5.75 Å². The van der Waals surface area contributed by atoms with Crippen LogP contribution in [0.1, 0.15) is 25.7 Å². The highest BCUT2D eigenvalue weighted by Gasteiger charge is 2.24. The summed E-state index contributed by atoms with van der Waals surface area (Å²) >= 11 is 0. The quantitative estimate of drug-likeness (QED) is 0.936. The van der Waals surface area contributed by atoms with E-state index in [9.17, 15) is 4.39 Å². The minimum Gasteiger partial charge on any atom is -0.487 e. The maximum Gasteiger partial charge on any atom is 0.165 e. The molecule has 4 rings (SSSR count). The van der Waals surface area contributed by atoms with Crippen molar-refractivity contribution in [1.82, 2.24) is 15.2 Å². The molecule has 1 atom stereocenters. The highest BCUT2D eigenvalue weighted by molar-refractivity contribution is 5.83. The van der Waals surface area contributed by atoms with Crippen LogP contribution in [0.25, 0.3) is 10.8 Å². The zero-order chi connectivity index (χ0) is 16.4. The Morgan fingerprint density at radius 3 is 2.88 bits per heavy atom. The average Bonchev–Trinajstić information content (AvgIpc) is 3.10. The van der Waals surface area contributed by atoms with E-state index in [1.807, 2.05) is 6.07 Å². The van der Waals surface area contributed by atoms with Crippen LogP contribution in [0, 0.1) is 5.82 Å². The van der Waals surface area contributed by atoms with E-state index < -0.39 is 0 Å². The Balaban J connectivity index is 1.35. The summed E-state index contributed by atoms with van der Waals surface area (Å²) in [5, 5.41) is 5.32. The summed E-state index contributed by atoms with van der Waals surface area (Å²) in [6.07, 6.45) is 8.00.